The van der Waals surface area contributed by atoms with E-state index in [0.717, 1.165) is 42.1 Å². The monoisotopic (exact) mass is 342 g/mol. The molecule has 0 aliphatic rings. The van der Waals surface area contributed by atoms with Crippen LogP contribution in [0.2, 0.25) is 10.0 Å². The van der Waals surface area contributed by atoms with Crippen molar-refractivity contribution >= 4 is 34.5 Å². The van der Waals surface area contributed by atoms with Crippen LogP contribution < -0.4 is 5.32 Å². The Morgan fingerprint density at radius 3 is 2.86 bits per heavy atom. The summed E-state index contributed by atoms with van der Waals surface area (Å²) in [6, 6.07) is 6.08. The summed E-state index contributed by atoms with van der Waals surface area (Å²) in [6.07, 6.45) is 2.88. The fourth-order valence-electron chi connectivity index (χ4n) is 2.13. The van der Waals surface area contributed by atoms with Gasteiger partial charge in [-0.2, -0.15) is 0 Å². The molecule has 0 aliphatic heterocycles. The minimum absolute atomic E-state index is 0.457. The lowest BCUT2D eigenvalue weighted by atomic mass is 10.1. The number of benzene rings is 1. The molecule has 0 bridgehead atoms. The van der Waals surface area contributed by atoms with E-state index in [9.17, 15) is 0 Å². The molecule has 1 heterocycles. The first-order chi connectivity index (χ1) is 10.1. The summed E-state index contributed by atoms with van der Waals surface area (Å²) in [7, 11) is 0. The van der Waals surface area contributed by atoms with Gasteiger partial charge in [0.1, 0.15) is 0 Å². The summed E-state index contributed by atoms with van der Waals surface area (Å²) in [4.78, 5) is 4.70. The topological polar surface area (TPSA) is 24.9 Å². The maximum absolute atomic E-state index is 6.21. The molecule has 114 valence electrons. The minimum atomic E-state index is 0.457. The lowest BCUT2D eigenvalue weighted by Crippen LogP contribution is -2.28. The van der Waals surface area contributed by atoms with Crippen LogP contribution in [0, 0.1) is 0 Å². The molecule has 2 aromatic rings. The van der Waals surface area contributed by atoms with Crippen molar-refractivity contribution in [1.29, 1.82) is 0 Å². The number of hydrogen-bond donors (Lipinski definition) is 1. The molecule has 1 atom stereocenters. The van der Waals surface area contributed by atoms with Crippen molar-refractivity contribution in [1.82, 2.24) is 10.3 Å². The van der Waals surface area contributed by atoms with Gasteiger partial charge < -0.3 is 5.32 Å². The third-order valence-corrected chi connectivity index (χ3v) is 4.70. The SMILES string of the molecule is CCCNC(C)Cc1csc(Cc2ccc(Cl)cc2Cl)n1. The predicted octanol–water partition coefficient (Wildman–Crippen LogP) is 4.97. The Morgan fingerprint density at radius 1 is 1.33 bits per heavy atom. The highest BCUT2D eigenvalue weighted by molar-refractivity contribution is 7.09. The van der Waals surface area contributed by atoms with E-state index in [1.54, 1.807) is 17.4 Å². The molecule has 1 N–H and O–H groups in total. The Bertz CT molecular complexity index is 583. The van der Waals surface area contributed by atoms with Crippen LogP contribution in [0.3, 0.4) is 0 Å². The van der Waals surface area contributed by atoms with E-state index in [2.05, 4.69) is 24.5 Å². The first-order valence-electron chi connectivity index (χ1n) is 7.19. The molecular formula is C16H20Cl2N2S. The quantitative estimate of drug-likeness (QED) is 0.768. The van der Waals surface area contributed by atoms with Crippen LogP contribution in [0.25, 0.3) is 0 Å². The van der Waals surface area contributed by atoms with Gasteiger partial charge in [-0.3, -0.25) is 0 Å². The van der Waals surface area contributed by atoms with E-state index in [-0.39, 0.29) is 0 Å². The van der Waals surface area contributed by atoms with Crippen molar-refractivity contribution in [2.24, 2.45) is 0 Å². The molecule has 0 aliphatic carbocycles. The molecular weight excluding hydrogens is 323 g/mol. The molecule has 0 fully saturated rings. The fraction of sp³-hybridized carbons (Fsp3) is 0.438. The zero-order valence-electron chi connectivity index (χ0n) is 12.3. The third kappa shape index (κ3) is 5.26. The van der Waals surface area contributed by atoms with Crippen molar-refractivity contribution in [2.75, 3.05) is 6.54 Å². The Labute approximate surface area is 140 Å². The maximum Gasteiger partial charge on any atom is 0.0972 e. The van der Waals surface area contributed by atoms with Gasteiger partial charge in [0.05, 0.1) is 10.7 Å². The number of nitrogens with one attached hydrogen (secondary N) is 1. The van der Waals surface area contributed by atoms with Gasteiger partial charge in [0, 0.05) is 34.3 Å². The van der Waals surface area contributed by atoms with Crippen molar-refractivity contribution < 1.29 is 0 Å². The number of thiazole rings is 1. The highest BCUT2D eigenvalue weighted by atomic mass is 35.5. The molecule has 0 amide bonds. The van der Waals surface area contributed by atoms with E-state index >= 15 is 0 Å². The average molecular weight is 343 g/mol. The minimum Gasteiger partial charge on any atom is -0.314 e. The Kier molecular flexibility index (Phi) is 6.49. The molecule has 0 saturated carbocycles. The van der Waals surface area contributed by atoms with Crippen LogP contribution in [0.4, 0.5) is 0 Å². The first-order valence-corrected chi connectivity index (χ1v) is 8.82. The van der Waals surface area contributed by atoms with E-state index < -0.39 is 0 Å². The summed E-state index contributed by atoms with van der Waals surface area (Å²) in [5.74, 6) is 0. The standard InChI is InChI=1S/C16H20Cl2N2S/c1-3-6-19-11(2)7-14-10-21-16(20-14)8-12-4-5-13(17)9-15(12)18/h4-5,9-11,19H,3,6-8H2,1-2H3. The van der Waals surface area contributed by atoms with Crippen molar-refractivity contribution in [3.8, 4) is 0 Å². The second-order valence-corrected chi connectivity index (χ2v) is 6.99. The van der Waals surface area contributed by atoms with E-state index in [1.165, 1.54) is 0 Å². The van der Waals surface area contributed by atoms with Gasteiger partial charge >= 0.3 is 0 Å². The van der Waals surface area contributed by atoms with Gasteiger partial charge in [0.2, 0.25) is 0 Å². The van der Waals surface area contributed by atoms with Gasteiger partial charge in [-0.05, 0) is 37.6 Å². The number of aromatic nitrogens is 1. The summed E-state index contributed by atoms with van der Waals surface area (Å²) < 4.78 is 0. The number of hydrogen-bond acceptors (Lipinski definition) is 3. The number of nitrogens with zero attached hydrogens (tertiary/aromatic N) is 1. The molecule has 1 aromatic carbocycles. The fourth-order valence-corrected chi connectivity index (χ4v) is 3.43. The molecule has 1 unspecified atom stereocenters. The van der Waals surface area contributed by atoms with E-state index in [4.69, 9.17) is 28.2 Å². The smallest absolute Gasteiger partial charge is 0.0972 e. The number of rotatable bonds is 7. The lowest BCUT2D eigenvalue weighted by Gasteiger charge is -2.10. The molecule has 2 nitrogen and oxygen atoms in total. The molecule has 1 aromatic heterocycles. The first kappa shape index (κ1) is 16.8. The van der Waals surface area contributed by atoms with Gasteiger partial charge in [-0.15, -0.1) is 11.3 Å². The molecule has 21 heavy (non-hydrogen) atoms. The van der Waals surface area contributed by atoms with Crippen LogP contribution in [0.5, 0.6) is 0 Å². The average Bonchev–Trinajstić information content (AvgIpc) is 2.87. The second kappa shape index (κ2) is 8.14. The highest BCUT2D eigenvalue weighted by Crippen LogP contribution is 2.24. The lowest BCUT2D eigenvalue weighted by molar-refractivity contribution is 0.539. The number of halogens is 2. The van der Waals surface area contributed by atoms with Crippen molar-refractivity contribution in [2.45, 2.75) is 39.2 Å². The van der Waals surface area contributed by atoms with Gasteiger partial charge in [-0.25, -0.2) is 4.98 Å². The zero-order chi connectivity index (χ0) is 15.2. The molecule has 0 radical (unpaired) electrons. The van der Waals surface area contributed by atoms with Gasteiger partial charge in [0.25, 0.3) is 0 Å². The molecule has 0 saturated heterocycles. The molecule has 0 spiro atoms. The van der Waals surface area contributed by atoms with E-state index in [0.29, 0.717) is 16.1 Å². The van der Waals surface area contributed by atoms with Crippen LogP contribution in [-0.2, 0) is 12.8 Å². The Morgan fingerprint density at radius 2 is 2.14 bits per heavy atom. The largest absolute Gasteiger partial charge is 0.314 e. The van der Waals surface area contributed by atoms with Crippen LogP contribution >= 0.6 is 34.5 Å². The summed E-state index contributed by atoms with van der Waals surface area (Å²) in [5, 5.41) is 8.09. The zero-order valence-corrected chi connectivity index (χ0v) is 14.7. The van der Waals surface area contributed by atoms with Crippen molar-refractivity contribution in [3.05, 3.63) is 49.9 Å². The Balaban J connectivity index is 1.96. The van der Waals surface area contributed by atoms with Crippen molar-refractivity contribution in [3.63, 3.8) is 0 Å². The predicted molar refractivity (Wildman–Crippen MR) is 92.8 cm³/mol. The van der Waals surface area contributed by atoms with Gasteiger partial charge in [0.15, 0.2) is 0 Å². The van der Waals surface area contributed by atoms with Crippen LogP contribution in [0.1, 0.15) is 36.5 Å². The van der Waals surface area contributed by atoms with E-state index in [1.807, 2.05) is 12.1 Å². The summed E-state index contributed by atoms with van der Waals surface area (Å²) >= 11 is 13.8. The Hall–Kier alpha value is -0.610. The normalized spacial score (nSPS) is 12.6. The molecule has 2 rings (SSSR count). The summed E-state index contributed by atoms with van der Waals surface area (Å²) in [6.45, 7) is 5.43. The highest BCUT2D eigenvalue weighted by Gasteiger charge is 2.09. The molecule has 5 heteroatoms. The van der Waals surface area contributed by atoms with Gasteiger partial charge in [-0.1, -0.05) is 36.2 Å². The second-order valence-electron chi connectivity index (χ2n) is 5.20. The maximum atomic E-state index is 6.21. The van der Waals surface area contributed by atoms with Crippen LogP contribution in [-0.4, -0.2) is 17.6 Å². The van der Waals surface area contributed by atoms with Crippen LogP contribution in [0.15, 0.2) is 23.6 Å². The summed E-state index contributed by atoms with van der Waals surface area (Å²) in [5.41, 5.74) is 2.22. The third-order valence-electron chi connectivity index (χ3n) is 3.21.